The van der Waals surface area contributed by atoms with Crippen LogP contribution < -0.4 is 24.7 Å². The molecule has 0 aliphatic carbocycles. The van der Waals surface area contributed by atoms with Gasteiger partial charge in [-0.2, -0.15) is 19.2 Å². The summed E-state index contributed by atoms with van der Waals surface area (Å²) >= 11 is 20.6. The third kappa shape index (κ3) is 17.4. The number of ether oxygens (including phenoxy) is 4. The number of tetrazole rings is 4. The molecule has 12 aromatic rings. The van der Waals surface area contributed by atoms with Gasteiger partial charge in [-0.25, -0.2) is 24.7 Å². The summed E-state index contributed by atoms with van der Waals surface area (Å²) in [6, 6.07) is 21.4. The van der Waals surface area contributed by atoms with Crippen LogP contribution in [0.25, 0.3) is 62.5 Å². The number of benzene rings is 4. The van der Waals surface area contributed by atoms with Gasteiger partial charge in [0.1, 0.15) is 49.8 Å². The molecule has 0 spiro atoms. The largest absolute Gasteiger partial charge is 0.495 e. The molecule has 0 radical (unpaired) electrons. The zero-order chi connectivity index (χ0) is 64.4. The molecule has 4 aromatic carbocycles. The van der Waals surface area contributed by atoms with Crippen LogP contribution in [0.4, 0.5) is 0 Å². The van der Waals surface area contributed by atoms with E-state index in [0.29, 0.717) is 97.2 Å². The van der Waals surface area contributed by atoms with Gasteiger partial charge in [0.2, 0.25) is 23.3 Å². The molecule has 3 N–H and O–H groups in total. The highest BCUT2D eigenvalue weighted by atomic mass is 79.9. The number of para-hydroxylation sites is 4. The van der Waals surface area contributed by atoms with Crippen molar-refractivity contribution in [1.82, 2.24) is 115 Å². The summed E-state index contributed by atoms with van der Waals surface area (Å²) < 4.78 is 24.2. The number of carbonyl (C=O) groups excluding carboxylic acids is 1. The van der Waals surface area contributed by atoms with E-state index in [9.17, 15) is 9.59 Å². The SMILES string of the molecule is COc1c(-c2nnn(C)n2)cccc1-c1ncc2cnc(Cl)cn12.COc1c(Br)cccc1-c1nnn(C)n1.COc1c(C(=O)CCc2cnc(Cl)cn2)cccc1-c1nnn(C)n1.COc1c(C(=O)O)cccc1-c1nnn(C)n1.Cl.NCc1cnc(Cl)cn1. The number of aryl methyl sites for hydroxylation is 5. The van der Waals surface area contributed by atoms with Crippen LogP contribution >= 0.6 is 63.1 Å². The first-order chi connectivity index (χ1) is 43.4. The van der Waals surface area contributed by atoms with Crippen LogP contribution in [0, 0.1) is 0 Å². The smallest absolute Gasteiger partial charge is 0.339 e. The minimum atomic E-state index is -1.06. The number of imidazole rings is 1. The number of methoxy groups -OCH3 is 4. The lowest BCUT2D eigenvalue weighted by molar-refractivity contribution is 0.0693. The third-order valence-electron chi connectivity index (χ3n) is 12.1. The fourth-order valence-electron chi connectivity index (χ4n) is 8.18. The molecule has 0 unspecified atom stereocenters. The molecule has 8 aromatic heterocycles. The first-order valence-electron chi connectivity index (χ1n) is 26.1. The summed E-state index contributed by atoms with van der Waals surface area (Å²) in [6.07, 6.45) is 11.9. The van der Waals surface area contributed by atoms with Gasteiger partial charge in [-0.3, -0.25) is 19.2 Å². The Balaban J connectivity index is 0.000000167. The van der Waals surface area contributed by atoms with E-state index in [2.05, 4.69) is 107 Å². The Morgan fingerprint density at radius 2 is 0.912 bits per heavy atom. The summed E-state index contributed by atoms with van der Waals surface area (Å²) in [4.78, 5) is 53.4. The highest BCUT2D eigenvalue weighted by molar-refractivity contribution is 9.10. The van der Waals surface area contributed by atoms with Crippen molar-refractivity contribution in [3.05, 3.63) is 159 Å². The molecular weight excluding hydrogens is 1330 g/mol. The maximum atomic E-state index is 12.6. The van der Waals surface area contributed by atoms with Crippen molar-refractivity contribution in [2.45, 2.75) is 19.4 Å². The second-order valence-electron chi connectivity index (χ2n) is 18.1. The van der Waals surface area contributed by atoms with Gasteiger partial charge >= 0.3 is 5.97 Å². The van der Waals surface area contributed by atoms with E-state index < -0.39 is 5.97 Å². The van der Waals surface area contributed by atoms with Crippen LogP contribution in [0.3, 0.4) is 0 Å². The fourth-order valence-corrected chi connectivity index (χ4v) is 9.05. The fraction of sp³-hybridized carbons (Fsp3) is 0.200. The Bertz CT molecular complexity index is 4400. The zero-order valence-corrected chi connectivity index (χ0v) is 53.9. The molecule has 470 valence electrons. The molecule has 0 saturated heterocycles. The molecule has 36 heteroatoms. The molecular formula is C55H53BrCl4N24O7. The third-order valence-corrected chi connectivity index (χ3v) is 13.4. The topological polar surface area (TPSA) is 373 Å². The second kappa shape index (κ2) is 32.4. The standard InChI is InChI=1S/C16H15ClN6O2.C15H12ClN7O.C10H10N4O3.C9H9BrN4O.C5H6ClN3.ClH/c1-23-21-16(20-22-23)12-5-3-4-11(15(12)25-2)13(24)7-6-10-8-19-14(17)9-18-10;1-22-20-14(19-21-22)10-4-3-5-11(13(10)24-2)15-18-7-9-6-17-12(16)8-23(9)15;1-14-12-9(11-13-14)6-4-3-5-7(10(15)16)8(6)17-2;1-14-12-9(11-13-14)6-4-3-5-7(10)8(6)15-2;6-5-3-8-4(1-7)2-9-5;/h3-5,8-9H,6-7H2,1-2H3;3-8H,1-2H3;3-5H,1-2H3,(H,15,16);3-5H,1-2H3;2-3H,1,7H2;1H. The van der Waals surface area contributed by atoms with E-state index in [1.807, 2.05) is 40.8 Å². The van der Waals surface area contributed by atoms with Gasteiger partial charge < -0.3 is 29.8 Å². The molecule has 0 saturated carbocycles. The zero-order valence-electron chi connectivity index (χ0n) is 49.3. The van der Waals surface area contributed by atoms with Crippen LogP contribution in [-0.2, 0) is 41.2 Å². The molecule has 91 heavy (non-hydrogen) atoms. The highest BCUT2D eigenvalue weighted by Crippen LogP contribution is 2.38. The Kier molecular flexibility index (Phi) is 24.3. The predicted octanol–water partition coefficient (Wildman–Crippen LogP) is 7.64. The first kappa shape index (κ1) is 68.4. The van der Waals surface area contributed by atoms with Gasteiger partial charge in [0.15, 0.2) is 5.78 Å². The number of aromatic carboxylic acids is 1. The van der Waals surface area contributed by atoms with Crippen molar-refractivity contribution < 1.29 is 33.6 Å². The van der Waals surface area contributed by atoms with E-state index in [1.165, 1.54) is 51.9 Å². The van der Waals surface area contributed by atoms with Crippen molar-refractivity contribution >= 4 is 80.4 Å². The van der Waals surface area contributed by atoms with Gasteiger partial charge in [-0.15, -0.1) is 53.2 Å². The predicted molar refractivity (Wildman–Crippen MR) is 337 cm³/mol. The van der Waals surface area contributed by atoms with Crippen molar-refractivity contribution in [2.75, 3.05) is 28.4 Å². The second-order valence-corrected chi connectivity index (χ2v) is 20.1. The van der Waals surface area contributed by atoms with Gasteiger partial charge in [0.05, 0.1) is 149 Å². The lowest BCUT2D eigenvalue weighted by atomic mass is 10.0. The highest BCUT2D eigenvalue weighted by Gasteiger charge is 2.22. The van der Waals surface area contributed by atoms with Crippen molar-refractivity contribution in [3.8, 4) is 79.9 Å². The molecule has 0 aliphatic rings. The maximum Gasteiger partial charge on any atom is 0.339 e. The number of ketones is 1. The number of carbonyl (C=O) groups is 2. The number of Topliss-reactive ketones (excluding diaryl/α,β-unsaturated/α-hetero) is 1. The Morgan fingerprint density at radius 1 is 0.505 bits per heavy atom. The van der Waals surface area contributed by atoms with Crippen LogP contribution in [-0.4, -0.2) is 160 Å². The molecule has 0 bridgehead atoms. The number of hydrogen-bond acceptors (Lipinski definition) is 25. The van der Waals surface area contributed by atoms with Crippen molar-refractivity contribution in [2.24, 2.45) is 33.9 Å². The molecule has 0 atom stereocenters. The number of nitrogens with two attached hydrogens (primary N) is 1. The summed E-state index contributed by atoms with van der Waals surface area (Å²) in [5.74, 6) is 3.31. The summed E-state index contributed by atoms with van der Waals surface area (Å²) in [5, 5.41) is 57.6. The number of aromatic nitrogens is 23. The van der Waals surface area contributed by atoms with Gasteiger partial charge in [0.25, 0.3) is 0 Å². The number of nitrogens with zero attached hydrogens (tertiary/aromatic N) is 23. The number of carboxylic acid groups (broad SMARTS) is 1. The number of halogens is 5. The van der Waals surface area contributed by atoms with Crippen LogP contribution in [0.15, 0.2) is 121 Å². The van der Waals surface area contributed by atoms with E-state index in [1.54, 1.807) is 104 Å². The Morgan fingerprint density at radius 3 is 1.35 bits per heavy atom. The lowest BCUT2D eigenvalue weighted by Crippen LogP contribution is -2.06. The molecule has 31 nitrogen and oxygen atoms in total. The Hall–Kier alpha value is -10.1. The quantitative estimate of drug-likeness (QED) is 0.0931. The Labute approximate surface area is 546 Å². The summed E-state index contributed by atoms with van der Waals surface area (Å²) in [5.41, 5.74) is 11.5. The average molecular weight is 1380 g/mol. The monoisotopic (exact) mass is 1380 g/mol. The normalized spacial score (nSPS) is 10.4. The maximum absolute atomic E-state index is 12.6. The minimum absolute atomic E-state index is 0. The molecule has 0 amide bonds. The summed E-state index contributed by atoms with van der Waals surface area (Å²) in [7, 11) is 12.9. The summed E-state index contributed by atoms with van der Waals surface area (Å²) in [6.45, 7) is 0.407. The number of hydrogen-bond donors (Lipinski definition) is 2. The van der Waals surface area contributed by atoms with E-state index in [-0.39, 0.29) is 35.9 Å². The van der Waals surface area contributed by atoms with Crippen LogP contribution in [0.1, 0.15) is 38.5 Å². The lowest BCUT2D eigenvalue weighted by Gasteiger charge is -2.11. The van der Waals surface area contributed by atoms with Gasteiger partial charge in [0, 0.05) is 19.2 Å². The molecule has 0 fully saturated rings. The van der Waals surface area contributed by atoms with E-state index >= 15 is 0 Å². The van der Waals surface area contributed by atoms with Crippen LogP contribution in [0.5, 0.6) is 23.0 Å². The first-order valence-corrected chi connectivity index (χ1v) is 28.1. The minimum Gasteiger partial charge on any atom is -0.495 e. The number of rotatable bonds is 15. The van der Waals surface area contributed by atoms with Crippen molar-refractivity contribution in [3.63, 3.8) is 0 Å². The van der Waals surface area contributed by atoms with E-state index in [4.69, 9.17) is 64.6 Å². The van der Waals surface area contributed by atoms with Crippen LogP contribution in [0.2, 0.25) is 15.5 Å². The number of fused-ring (bicyclic) bond motifs is 1. The molecule has 12 rings (SSSR count). The number of carboxylic acids is 1. The van der Waals surface area contributed by atoms with Gasteiger partial charge in [-0.05, 0) is 91.7 Å². The van der Waals surface area contributed by atoms with Gasteiger partial charge in [-0.1, -0.05) is 59.1 Å². The van der Waals surface area contributed by atoms with E-state index in [0.717, 1.165) is 32.4 Å². The average Bonchev–Trinajstić information content (AvgIpc) is 1.73. The molecule has 8 heterocycles. The van der Waals surface area contributed by atoms with Crippen molar-refractivity contribution in [1.29, 1.82) is 0 Å². The molecule has 0 aliphatic heterocycles.